The van der Waals surface area contributed by atoms with E-state index in [1.807, 2.05) is 0 Å². The number of nitrogens with zero attached hydrogens (tertiary/aromatic N) is 1. The average Bonchev–Trinajstić information content (AvgIpc) is 2.41. The third-order valence-electron chi connectivity index (χ3n) is 2.98. The second-order valence-corrected chi connectivity index (χ2v) is 6.61. The third kappa shape index (κ3) is 3.94. The van der Waals surface area contributed by atoms with Crippen LogP contribution < -0.4 is 5.32 Å². The highest BCUT2D eigenvalue weighted by Crippen LogP contribution is 2.13. The van der Waals surface area contributed by atoms with Gasteiger partial charge in [-0.1, -0.05) is 6.42 Å². The van der Waals surface area contributed by atoms with E-state index in [2.05, 4.69) is 10.3 Å². The van der Waals surface area contributed by atoms with E-state index in [1.165, 1.54) is 12.8 Å². The molecule has 1 unspecified atom stereocenters. The molecule has 0 aromatic carbocycles. The molecule has 94 valence electrons. The Kier molecular flexibility index (Phi) is 5.05. The first-order chi connectivity index (χ1) is 7.16. The minimum Gasteiger partial charge on any atom is -0.370 e. The van der Waals surface area contributed by atoms with Crippen LogP contribution in [0.25, 0.3) is 0 Å². The van der Waals surface area contributed by atoms with E-state index >= 15 is 0 Å². The lowest BCUT2D eigenvalue weighted by atomic mass is 10.2. The van der Waals surface area contributed by atoms with Crippen LogP contribution in [0.4, 0.5) is 0 Å². The van der Waals surface area contributed by atoms with Crippen molar-refractivity contribution in [2.24, 2.45) is 4.99 Å². The molecule has 2 heterocycles. The molecule has 2 aliphatic rings. The molecule has 0 radical (unpaired) electrons. The summed E-state index contributed by atoms with van der Waals surface area (Å²) in [5.74, 6) is 1.64. The Balaban J connectivity index is 0.00000128. The van der Waals surface area contributed by atoms with Gasteiger partial charge in [-0.15, -0.1) is 12.4 Å². The molecule has 0 aromatic rings. The molecule has 1 atom stereocenters. The fourth-order valence-electron chi connectivity index (χ4n) is 2.14. The van der Waals surface area contributed by atoms with Gasteiger partial charge in [0, 0.05) is 19.0 Å². The van der Waals surface area contributed by atoms with Crippen LogP contribution in [0.5, 0.6) is 0 Å². The SMILES string of the molecule is Cl.O=S1(=O)CCC(NC2=NCCCCC2)C1. The number of nitrogens with one attached hydrogen (secondary N) is 1. The van der Waals surface area contributed by atoms with Crippen LogP contribution in [0.3, 0.4) is 0 Å². The summed E-state index contributed by atoms with van der Waals surface area (Å²) in [6, 6.07) is 0.104. The fraction of sp³-hybridized carbons (Fsp3) is 0.900. The first kappa shape index (κ1) is 13.8. The number of hydrogen-bond donors (Lipinski definition) is 1. The van der Waals surface area contributed by atoms with Crippen molar-refractivity contribution < 1.29 is 8.42 Å². The van der Waals surface area contributed by atoms with Gasteiger partial charge in [-0.25, -0.2) is 8.42 Å². The number of amidine groups is 1. The highest BCUT2D eigenvalue weighted by Gasteiger charge is 2.28. The summed E-state index contributed by atoms with van der Waals surface area (Å²) < 4.78 is 22.5. The molecule has 1 saturated heterocycles. The third-order valence-corrected chi connectivity index (χ3v) is 4.75. The standard InChI is InChI=1S/C10H18N2O2S.ClH/c13-15(14)7-5-9(8-15)12-10-4-2-1-3-6-11-10;/h9H,1-8H2,(H,11,12);1H. The minimum absolute atomic E-state index is 0. The Hall–Kier alpha value is -0.290. The second-order valence-electron chi connectivity index (χ2n) is 4.38. The molecule has 1 N–H and O–H groups in total. The smallest absolute Gasteiger partial charge is 0.152 e. The number of hydrogen-bond acceptors (Lipinski definition) is 4. The van der Waals surface area contributed by atoms with Crippen molar-refractivity contribution in [2.45, 2.75) is 38.1 Å². The molecule has 2 aliphatic heterocycles. The summed E-state index contributed by atoms with van der Waals surface area (Å²) in [6.45, 7) is 0.891. The summed E-state index contributed by atoms with van der Waals surface area (Å²) in [5, 5.41) is 3.28. The highest BCUT2D eigenvalue weighted by molar-refractivity contribution is 7.91. The molecular weight excluding hydrogens is 248 g/mol. The molecule has 0 bridgehead atoms. The van der Waals surface area contributed by atoms with Crippen molar-refractivity contribution in [3.8, 4) is 0 Å². The van der Waals surface area contributed by atoms with Crippen LogP contribution >= 0.6 is 12.4 Å². The summed E-state index contributed by atoms with van der Waals surface area (Å²) in [7, 11) is -2.77. The quantitative estimate of drug-likeness (QED) is 0.775. The van der Waals surface area contributed by atoms with Crippen LogP contribution in [0.1, 0.15) is 32.1 Å². The van der Waals surface area contributed by atoms with Crippen molar-refractivity contribution in [3.05, 3.63) is 0 Å². The summed E-state index contributed by atoms with van der Waals surface area (Å²) >= 11 is 0. The van der Waals surface area contributed by atoms with Crippen LogP contribution in [0.15, 0.2) is 4.99 Å². The largest absolute Gasteiger partial charge is 0.370 e. The van der Waals surface area contributed by atoms with E-state index in [0.29, 0.717) is 5.75 Å². The Morgan fingerprint density at radius 3 is 2.75 bits per heavy atom. The second kappa shape index (κ2) is 5.87. The first-order valence-corrected chi connectivity index (χ1v) is 7.48. The molecular formula is C10H19ClN2O2S. The lowest BCUT2D eigenvalue weighted by Crippen LogP contribution is -2.35. The van der Waals surface area contributed by atoms with Gasteiger partial charge in [-0.05, 0) is 19.3 Å². The monoisotopic (exact) mass is 266 g/mol. The van der Waals surface area contributed by atoms with E-state index in [0.717, 1.165) is 31.6 Å². The van der Waals surface area contributed by atoms with Gasteiger partial charge in [0.2, 0.25) is 0 Å². The molecule has 0 aliphatic carbocycles. The van der Waals surface area contributed by atoms with E-state index in [9.17, 15) is 8.42 Å². The van der Waals surface area contributed by atoms with Crippen LogP contribution in [0, 0.1) is 0 Å². The molecule has 0 aromatic heterocycles. The Morgan fingerprint density at radius 2 is 2.06 bits per heavy atom. The zero-order chi connectivity index (χ0) is 10.7. The molecule has 0 amide bonds. The fourth-order valence-corrected chi connectivity index (χ4v) is 3.81. The molecule has 1 fully saturated rings. The number of aliphatic imine (C=N–C) groups is 1. The van der Waals surface area contributed by atoms with E-state index < -0.39 is 9.84 Å². The van der Waals surface area contributed by atoms with Gasteiger partial charge in [0.15, 0.2) is 9.84 Å². The molecule has 6 heteroatoms. The van der Waals surface area contributed by atoms with Crippen molar-refractivity contribution in [1.82, 2.24) is 5.32 Å². The van der Waals surface area contributed by atoms with Crippen LogP contribution in [-0.4, -0.2) is 38.3 Å². The van der Waals surface area contributed by atoms with Crippen molar-refractivity contribution >= 4 is 28.1 Å². The summed E-state index contributed by atoms with van der Waals surface area (Å²) in [6.07, 6.45) is 5.29. The molecule has 0 spiro atoms. The zero-order valence-electron chi connectivity index (χ0n) is 9.31. The Labute approximate surface area is 103 Å². The van der Waals surface area contributed by atoms with E-state index in [4.69, 9.17) is 0 Å². The maximum atomic E-state index is 11.3. The van der Waals surface area contributed by atoms with Crippen molar-refractivity contribution in [1.29, 1.82) is 0 Å². The van der Waals surface area contributed by atoms with Gasteiger partial charge in [0.05, 0.1) is 17.3 Å². The predicted octanol–water partition coefficient (Wildman–Crippen LogP) is 1.16. The average molecular weight is 267 g/mol. The lowest BCUT2D eigenvalue weighted by Gasteiger charge is -2.13. The van der Waals surface area contributed by atoms with Gasteiger partial charge < -0.3 is 5.32 Å². The van der Waals surface area contributed by atoms with E-state index in [1.54, 1.807) is 0 Å². The predicted molar refractivity (Wildman–Crippen MR) is 68.2 cm³/mol. The number of rotatable bonds is 1. The Bertz CT molecular complexity index is 354. The topological polar surface area (TPSA) is 58.5 Å². The normalized spacial score (nSPS) is 28.8. The zero-order valence-corrected chi connectivity index (χ0v) is 10.9. The van der Waals surface area contributed by atoms with Crippen LogP contribution in [-0.2, 0) is 9.84 Å². The molecule has 2 rings (SSSR count). The number of halogens is 1. The molecule has 16 heavy (non-hydrogen) atoms. The van der Waals surface area contributed by atoms with Gasteiger partial charge in [0.25, 0.3) is 0 Å². The molecule has 4 nitrogen and oxygen atoms in total. The summed E-state index contributed by atoms with van der Waals surface area (Å²) in [5.41, 5.74) is 0. The van der Waals surface area contributed by atoms with Gasteiger partial charge in [-0.2, -0.15) is 0 Å². The van der Waals surface area contributed by atoms with Gasteiger partial charge in [-0.3, -0.25) is 4.99 Å². The van der Waals surface area contributed by atoms with Gasteiger partial charge in [0.1, 0.15) is 0 Å². The first-order valence-electron chi connectivity index (χ1n) is 5.66. The van der Waals surface area contributed by atoms with Crippen molar-refractivity contribution in [2.75, 3.05) is 18.1 Å². The van der Waals surface area contributed by atoms with E-state index in [-0.39, 0.29) is 24.2 Å². The molecule has 0 saturated carbocycles. The maximum Gasteiger partial charge on any atom is 0.152 e. The Morgan fingerprint density at radius 1 is 1.25 bits per heavy atom. The highest BCUT2D eigenvalue weighted by atomic mass is 35.5. The minimum atomic E-state index is -2.77. The summed E-state index contributed by atoms with van der Waals surface area (Å²) in [4.78, 5) is 4.45. The van der Waals surface area contributed by atoms with Gasteiger partial charge >= 0.3 is 0 Å². The number of sulfone groups is 1. The van der Waals surface area contributed by atoms with Crippen LogP contribution in [0.2, 0.25) is 0 Å². The van der Waals surface area contributed by atoms with Crippen molar-refractivity contribution in [3.63, 3.8) is 0 Å². The lowest BCUT2D eigenvalue weighted by molar-refractivity contribution is 0.600. The maximum absolute atomic E-state index is 11.3.